The van der Waals surface area contributed by atoms with Gasteiger partial charge in [0.15, 0.2) is 5.82 Å². The van der Waals surface area contributed by atoms with Crippen LogP contribution in [0, 0.1) is 13.8 Å². The molecular weight excluding hydrogens is 284 g/mol. The minimum atomic E-state index is 0.516. The van der Waals surface area contributed by atoms with Gasteiger partial charge in [0.25, 0.3) is 0 Å². The van der Waals surface area contributed by atoms with Crippen molar-refractivity contribution in [2.45, 2.75) is 13.8 Å². The minimum Gasteiger partial charge on any atom is -0.382 e. The lowest BCUT2D eigenvalue weighted by molar-refractivity contribution is 0.809. The highest BCUT2D eigenvalue weighted by molar-refractivity contribution is 6.30. The molecule has 0 aliphatic heterocycles. The molecule has 2 N–H and O–H groups in total. The molecule has 0 saturated carbocycles. The summed E-state index contributed by atoms with van der Waals surface area (Å²) in [6, 6.07) is 13.6. The highest BCUT2D eigenvalue weighted by atomic mass is 35.5. The van der Waals surface area contributed by atoms with Crippen LogP contribution in [0.25, 0.3) is 16.9 Å². The Morgan fingerprint density at radius 1 is 1.00 bits per heavy atom. The van der Waals surface area contributed by atoms with Crippen LogP contribution in [0.3, 0.4) is 0 Å². The Morgan fingerprint density at radius 3 is 2.24 bits per heavy atom. The van der Waals surface area contributed by atoms with Crippen molar-refractivity contribution in [2.75, 3.05) is 5.73 Å². The number of hydrogen-bond acceptors (Lipinski definition) is 3. The Kier molecular flexibility index (Phi) is 3.39. The quantitative estimate of drug-likeness (QED) is 0.783. The molecule has 3 aromatic rings. The van der Waals surface area contributed by atoms with Gasteiger partial charge >= 0.3 is 0 Å². The van der Waals surface area contributed by atoms with E-state index in [-0.39, 0.29) is 0 Å². The first-order chi connectivity index (χ1) is 10.0. The van der Waals surface area contributed by atoms with Crippen LogP contribution in [-0.4, -0.2) is 15.0 Å². The van der Waals surface area contributed by atoms with Gasteiger partial charge in [0.05, 0.1) is 5.69 Å². The Labute approximate surface area is 128 Å². The summed E-state index contributed by atoms with van der Waals surface area (Å²) in [6.45, 7) is 4.09. The Bertz CT molecular complexity index is 770. The van der Waals surface area contributed by atoms with E-state index in [1.54, 1.807) is 4.68 Å². The summed E-state index contributed by atoms with van der Waals surface area (Å²) >= 11 is 5.90. The molecule has 0 unspecified atom stereocenters. The zero-order valence-electron chi connectivity index (χ0n) is 11.8. The molecule has 0 saturated heterocycles. The van der Waals surface area contributed by atoms with Gasteiger partial charge in [0.2, 0.25) is 0 Å². The fourth-order valence-corrected chi connectivity index (χ4v) is 2.49. The average Bonchev–Trinajstić information content (AvgIpc) is 2.80. The maximum absolute atomic E-state index is 6.21. The smallest absolute Gasteiger partial charge is 0.155 e. The molecule has 0 spiro atoms. The lowest BCUT2D eigenvalue weighted by Crippen LogP contribution is -2.03. The second-order valence-electron chi connectivity index (χ2n) is 5.09. The zero-order chi connectivity index (χ0) is 15.0. The topological polar surface area (TPSA) is 56.7 Å². The standard InChI is InChI=1S/C16H15ClN4/c1-10-7-11(2)9-14(8-10)21-16(18)15(19-20-21)12-3-5-13(17)6-4-12/h3-9H,18H2,1-2H3. The van der Waals surface area contributed by atoms with Gasteiger partial charge in [0, 0.05) is 10.6 Å². The normalized spacial score (nSPS) is 10.8. The average molecular weight is 299 g/mol. The van der Waals surface area contributed by atoms with Crippen molar-refractivity contribution in [3.63, 3.8) is 0 Å². The summed E-state index contributed by atoms with van der Waals surface area (Å²) in [7, 11) is 0. The van der Waals surface area contributed by atoms with Gasteiger partial charge in [-0.2, -0.15) is 4.68 Å². The molecule has 0 bridgehead atoms. The second-order valence-corrected chi connectivity index (χ2v) is 5.52. The summed E-state index contributed by atoms with van der Waals surface area (Å²) in [4.78, 5) is 0. The summed E-state index contributed by atoms with van der Waals surface area (Å²) in [5.41, 5.74) is 11.0. The van der Waals surface area contributed by atoms with E-state index in [4.69, 9.17) is 17.3 Å². The van der Waals surface area contributed by atoms with Crippen LogP contribution in [0.5, 0.6) is 0 Å². The third-order valence-corrected chi connectivity index (χ3v) is 3.53. The molecule has 0 amide bonds. The van der Waals surface area contributed by atoms with E-state index in [9.17, 15) is 0 Å². The third-order valence-electron chi connectivity index (χ3n) is 3.27. The number of anilines is 1. The summed E-state index contributed by atoms with van der Waals surface area (Å²) in [6.07, 6.45) is 0. The van der Waals surface area contributed by atoms with Gasteiger partial charge < -0.3 is 5.73 Å². The molecule has 0 aliphatic rings. The molecule has 4 nitrogen and oxygen atoms in total. The first-order valence-corrected chi connectivity index (χ1v) is 6.98. The van der Waals surface area contributed by atoms with Gasteiger partial charge in [-0.3, -0.25) is 0 Å². The van der Waals surface area contributed by atoms with Gasteiger partial charge in [-0.05, 0) is 49.2 Å². The first kappa shape index (κ1) is 13.6. The Morgan fingerprint density at radius 2 is 1.62 bits per heavy atom. The highest BCUT2D eigenvalue weighted by Gasteiger charge is 2.13. The van der Waals surface area contributed by atoms with Crippen molar-refractivity contribution in [2.24, 2.45) is 0 Å². The number of aromatic nitrogens is 3. The number of nitrogens with zero attached hydrogens (tertiary/aromatic N) is 3. The third kappa shape index (κ3) is 2.62. The fourth-order valence-electron chi connectivity index (χ4n) is 2.37. The summed E-state index contributed by atoms with van der Waals surface area (Å²) < 4.78 is 1.66. The van der Waals surface area contributed by atoms with Gasteiger partial charge in [-0.25, -0.2) is 0 Å². The predicted molar refractivity (Wildman–Crippen MR) is 85.7 cm³/mol. The number of nitrogens with two attached hydrogens (primary N) is 1. The van der Waals surface area contributed by atoms with E-state index in [0.29, 0.717) is 16.5 Å². The van der Waals surface area contributed by atoms with Crippen LogP contribution in [0.1, 0.15) is 11.1 Å². The Balaban J connectivity index is 2.08. The van der Waals surface area contributed by atoms with E-state index in [1.165, 1.54) is 0 Å². The van der Waals surface area contributed by atoms with Crippen LogP contribution >= 0.6 is 11.6 Å². The predicted octanol–water partition coefficient (Wildman–Crippen LogP) is 3.79. The van der Waals surface area contributed by atoms with E-state index < -0.39 is 0 Å². The molecule has 0 radical (unpaired) electrons. The van der Waals surface area contributed by atoms with Crippen LogP contribution in [0.2, 0.25) is 5.02 Å². The number of rotatable bonds is 2. The summed E-state index contributed by atoms with van der Waals surface area (Å²) in [5, 5.41) is 9.05. The molecule has 2 aromatic carbocycles. The van der Waals surface area contributed by atoms with Crippen LogP contribution in [0.4, 0.5) is 5.82 Å². The van der Waals surface area contributed by atoms with Gasteiger partial charge in [0.1, 0.15) is 5.69 Å². The van der Waals surface area contributed by atoms with Crippen molar-refractivity contribution < 1.29 is 0 Å². The van der Waals surface area contributed by atoms with E-state index in [1.807, 2.05) is 50.2 Å². The van der Waals surface area contributed by atoms with E-state index in [0.717, 1.165) is 22.4 Å². The number of benzene rings is 2. The largest absolute Gasteiger partial charge is 0.382 e. The maximum Gasteiger partial charge on any atom is 0.155 e. The number of aryl methyl sites for hydroxylation is 2. The van der Waals surface area contributed by atoms with Crippen molar-refractivity contribution in [1.82, 2.24) is 15.0 Å². The number of hydrogen-bond donors (Lipinski definition) is 1. The molecule has 3 rings (SSSR count). The molecule has 1 aromatic heterocycles. The lowest BCUT2D eigenvalue weighted by atomic mass is 10.1. The molecule has 5 heteroatoms. The maximum atomic E-state index is 6.21. The molecule has 0 aliphatic carbocycles. The van der Waals surface area contributed by atoms with Crippen molar-refractivity contribution in [3.05, 3.63) is 58.6 Å². The molecule has 1 heterocycles. The monoisotopic (exact) mass is 298 g/mol. The number of halogens is 1. The number of nitrogen functional groups attached to an aromatic ring is 1. The molecule has 0 atom stereocenters. The summed E-state index contributed by atoms with van der Waals surface area (Å²) in [5.74, 6) is 0.516. The Hall–Kier alpha value is -2.33. The van der Waals surface area contributed by atoms with Crippen LogP contribution in [-0.2, 0) is 0 Å². The van der Waals surface area contributed by atoms with Crippen molar-refractivity contribution >= 4 is 17.4 Å². The minimum absolute atomic E-state index is 0.516. The second kappa shape index (κ2) is 5.22. The highest BCUT2D eigenvalue weighted by Crippen LogP contribution is 2.26. The molecule has 0 fully saturated rings. The zero-order valence-corrected chi connectivity index (χ0v) is 12.6. The van der Waals surface area contributed by atoms with Gasteiger partial charge in [-0.1, -0.05) is 35.0 Å². The van der Waals surface area contributed by atoms with E-state index >= 15 is 0 Å². The van der Waals surface area contributed by atoms with Crippen LogP contribution < -0.4 is 5.73 Å². The van der Waals surface area contributed by atoms with Crippen molar-refractivity contribution in [1.29, 1.82) is 0 Å². The molecule has 21 heavy (non-hydrogen) atoms. The molecular formula is C16H15ClN4. The van der Waals surface area contributed by atoms with Gasteiger partial charge in [-0.15, -0.1) is 5.10 Å². The van der Waals surface area contributed by atoms with E-state index in [2.05, 4.69) is 16.4 Å². The fraction of sp³-hybridized carbons (Fsp3) is 0.125. The SMILES string of the molecule is Cc1cc(C)cc(-n2nnc(-c3ccc(Cl)cc3)c2N)c1. The lowest BCUT2D eigenvalue weighted by Gasteiger charge is -2.06. The molecule has 106 valence electrons. The van der Waals surface area contributed by atoms with Crippen LogP contribution in [0.15, 0.2) is 42.5 Å². The van der Waals surface area contributed by atoms with Crippen molar-refractivity contribution in [3.8, 4) is 16.9 Å². The first-order valence-electron chi connectivity index (χ1n) is 6.60.